The number of nitrogens with zero attached hydrogens (tertiary/aromatic N) is 1. The number of carboxylic acids is 1. The number of rotatable bonds is 6. The van der Waals surface area contributed by atoms with Gasteiger partial charge in [-0.05, 0) is 61.6 Å². The van der Waals surface area contributed by atoms with E-state index in [1.807, 2.05) is 0 Å². The Bertz CT molecular complexity index is 1220. The van der Waals surface area contributed by atoms with Gasteiger partial charge in [0.25, 0.3) is 0 Å². The van der Waals surface area contributed by atoms with E-state index in [0.29, 0.717) is 27.8 Å². The monoisotopic (exact) mass is 461 g/mol. The first-order valence-corrected chi connectivity index (χ1v) is 10.4. The van der Waals surface area contributed by atoms with Crippen molar-refractivity contribution in [1.29, 1.82) is 0 Å². The van der Waals surface area contributed by atoms with Gasteiger partial charge in [-0.25, -0.2) is 9.18 Å². The molecule has 1 heterocycles. The van der Waals surface area contributed by atoms with Crippen LogP contribution < -0.4 is 9.47 Å². The van der Waals surface area contributed by atoms with E-state index in [9.17, 15) is 14.4 Å². The van der Waals surface area contributed by atoms with Crippen LogP contribution in [0.3, 0.4) is 0 Å². The molecule has 2 aromatic carbocycles. The summed E-state index contributed by atoms with van der Waals surface area (Å²) in [6.45, 7) is 1.71. The first kappa shape index (κ1) is 21.4. The maximum absolute atomic E-state index is 13.9. The summed E-state index contributed by atoms with van der Waals surface area (Å²) < 4.78 is 20.6. The van der Waals surface area contributed by atoms with Crippen molar-refractivity contribution in [2.75, 3.05) is 0 Å². The lowest BCUT2D eigenvalue weighted by molar-refractivity contribution is -0.577. The third kappa shape index (κ3) is 4.31. The molecule has 0 radical (unpaired) electrons. The molecule has 0 aliphatic heterocycles. The molecule has 160 valence electrons. The molecule has 1 N–H and O–H groups in total. The van der Waals surface area contributed by atoms with Gasteiger partial charge in [0.1, 0.15) is 17.7 Å². The number of fused-ring (bicyclic) bond motifs is 1. The molecule has 0 amide bonds. The Hall–Kier alpha value is -2.83. The van der Waals surface area contributed by atoms with Gasteiger partial charge in [-0.3, -0.25) is 0 Å². The van der Waals surface area contributed by atoms with Crippen LogP contribution in [0.2, 0.25) is 10.0 Å². The predicted molar refractivity (Wildman–Crippen MR) is 117 cm³/mol. The normalized spacial score (nSPS) is 14.8. The molecule has 5 nitrogen and oxygen atoms in total. The van der Waals surface area contributed by atoms with Crippen LogP contribution in [0.4, 0.5) is 4.39 Å². The zero-order chi connectivity index (χ0) is 22.3. The van der Waals surface area contributed by atoms with Crippen LogP contribution in [0.25, 0.3) is 17.0 Å². The number of hydrogen-bond donors (Lipinski definition) is 1. The van der Waals surface area contributed by atoms with Gasteiger partial charge in [0.05, 0.1) is 10.4 Å². The predicted octanol–water partition coefficient (Wildman–Crippen LogP) is 6.03. The first-order valence-electron chi connectivity index (χ1n) is 9.67. The molecular weight excluding hydrogens is 444 g/mol. The maximum Gasteiger partial charge on any atom is 0.328 e. The fraction of sp³-hybridized carbons (Fsp3) is 0.217. The highest BCUT2D eigenvalue weighted by Gasteiger charge is 2.30. The highest BCUT2D eigenvalue weighted by Crippen LogP contribution is 2.45. The number of halogens is 3. The number of pyridine rings is 1. The molecule has 0 unspecified atom stereocenters. The Kier molecular flexibility index (Phi) is 5.77. The fourth-order valence-electron chi connectivity index (χ4n) is 3.72. The van der Waals surface area contributed by atoms with E-state index in [0.717, 1.165) is 29.2 Å². The number of hydrogen-bond acceptors (Lipinski definition) is 3. The molecule has 31 heavy (non-hydrogen) atoms. The number of benzene rings is 2. The molecule has 4 rings (SSSR count). The van der Waals surface area contributed by atoms with Crippen LogP contribution in [0, 0.1) is 11.0 Å². The lowest BCUT2D eigenvalue weighted by atomic mass is 9.98. The highest BCUT2D eigenvalue weighted by molar-refractivity contribution is 6.36. The maximum atomic E-state index is 13.9. The molecule has 1 aliphatic carbocycles. The minimum Gasteiger partial charge on any atom is -0.618 e. The van der Waals surface area contributed by atoms with Crippen LogP contribution in [0.1, 0.15) is 48.5 Å². The minimum atomic E-state index is -1.09. The van der Waals surface area contributed by atoms with E-state index in [1.54, 1.807) is 25.1 Å². The number of carboxylic acid groups (broad SMARTS) is 1. The average Bonchev–Trinajstić information content (AvgIpc) is 3.54. The SMILES string of the molecule is C[C@H](Oc1ccc2c(c1)c(C1CC1)c(/C=C/C(=O)O)c[n+]2[O-])c1c(Cl)ccc(F)c1Cl. The number of carbonyl (C=O) groups is 1. The van der Waals surface area contributed by atoms with E-state index >= 15 is 0 Å². The van der Waals surface area contributed by atoms with Crippen molar-refractivity contribution < 1.29 is 23.8 Å². The van der Waals surface area contributed by atoms with Crippen molar-refractivity contribution >= 4 is 46.2 Å². The summed E-state index contributed by atoms with van der Waals surface area (Å²) in [5.41, 5.74) is 2.27. The number of aromatic nitrogens is 1. The Morgan fingerprint density at radius 3 is 2.74 bits per heavy atom. The molecule has 1 aliphatic rings. The van der Waals surface area contributed by atoms with Gasteiger partial charge in [-0.2, -0.15) is 4.73 Å². The van der Waals surface area contributed by atoms with Crippen LogP contribution in [0.5, 0.6) is 5.75 Å². The molecule has 1 fully saturated rings. The quantitative estimate of drug-likeness (QED) is 0.210. The summed E-state index contributed by atoms with van der Waals surface area (Å²) >= 11 is 12.3. The van der Waals surface area contributed by atoms with Crippen molar-refractivity contribution in [1.82, 2.24) is 0 Å². The summed E-state index contributed by atoms with van der Waals surface area (Å²) in [6, 6.07) is 7.66. The molecule has 3 aromatic rings. The molecular formula is C23H18Cl2FNO4. The molecule has 8 heteroatoms. The zero-order valence-corrected chi connectivity index (χ0v) is 18.0. The summed E-state index contributed by atoms with van der Waals surface area (Å²) in [5.74, 6) is -0.975. The van der Waals surface area contributed by atoms with Gasteiger partial charge in [0, 0.05) is 28.3 Å². The van der Waals surface area contributed by atoms with Crippen molar-refractivity contribution in [2.45, 2.75) is 31.8 Å². The van der Waals surface area contributed by atoms with E-state index < -0.39 is 17.9 Å². The van der Waals surface area contributed by atoms with Gasteiger partial charge in [0.2, 0.25) is 5.52 Å². The Balaban J connectivity index is 1.78. The van der Waals surface area contributed by atoms with Crippen LogP contribution >= 0.6 is 23.2 Å². The van der Waals surface area contributed by atoms with E-state index in [2.05, 4.69) is 0 Å². The smallest absolute Gasteiger partial charge is 0.328 e. The average molecular weight is 462 g/mol. The van der Waals surface area contributed by atoms with Crippen LogP contribution in [-0.2, 0) is 4.79 Å². The third-order valence-electron chi connectivity index (χ3n) is 5.25. The summed E-state index contributed by atoms with van der Waals surface area (Å²) in [4.78, 5) is 11.0. The first-order chi connectivity index (χ1) is 14.8. The molecule has 0 bridgehead atoms. The number of aliphatic carboxylic acids is 1. The van der Waals surface area contributed by atoms with Crippen LogP contribution in [0.15, 0.2) is 42.6 Å². The van der Waals surface area contributed by atoms with Gasteiger partial charge in [-0.15, -0.1) is 0 Å². The van der Waals surface area contributed by atoms with E-state index in [1.165, 1.54) is 24.4 Å². The van der Waals surface area contributed by atoms with E-state index in [-0.39, 0.29) is 16.0 Å². The Morgan fingerprint density at radius 2 is 2.06 bits per heavy atom. The number of ether oxygens (including phenoxy) is 1. The van der Waals surface area contributed by atoms with Crippen molar-refractivity contribution in [3.8, 4) is 5.75 Å². The molecule has 1 atom stereocenters. The van der Waals surface area contributed by atoms with Gasteiger partial charge >= 0.3 is 5.97 Å². The van der Waals surface area contributed by atoms with Gasteiger partial charge in [-0.1, -0.05) is 23.2 Å². The van der Waals surface area contributed by atoms with Crippen molar-refractivity contribution in [3.63, 3.8) is 0 Å². The second-order valence-electron chi connectivity index (χ2n) is 7.47. The summed E-state index contributed by atoms with van der Waals surface area (Å²) in [6.07, 6.45) is 5.12. The standard InChI is InChI=1S/C23H18Cl2FNO4/c1-12(21-17(24)6-7-18(26)23(21)25)31-15-5-8-19-16(10-15)22(13-2-3-13)14(11-27(19)30)4-9-20(28)29/h4-13H,2-3H2,1H3,(H,28,29)/b9-4+/t12-/m0/s1. The third-order valence-corrected chi connectivity index (χ3v) is 5.97. The lowest BCUT2D eigenvalue weighted by Gasteiger charge is -2.19. The largest absolute Gasteiger partial charge is 0.618 e. The lowest BCUT2D eigenvalue weighted by Crippen LogP contribution is -2.27. The van der Waals surface area contributed by atoms with Gasteiger partial charge in [0.15, 0.2) is 6.20 Å². The molecule has 1 saturated carbocycles. The second kappa shape index (κ2) is 8.36. The molecule has 0 saturated heterocycles. The molecule has 0 spiro atoms. The van der Waals surface area contributed by atoms with Crippen molar-refractivity contribution in [2.24, 2.45) is 0 Å². The zero-order valence-electron chi connectivity index (χ0n) is 16.4. The minimum absolute atomic E-state index is 0.0991. The van der Waals surface area contributed by atoms with Gasteiger partial charge < -0.3 is 15.1 Å². The van der Waals surface area contributed by atoms with E-state index in [4.69, 9.17) is 33.0 Å². The summed E-state index contributed by atoms with van der Waals surface area (Å²) in [5, 5.41) is 22.4. The van der Waals surface area contributed by atoms with Crippen LogP contribution in [-0.4, -0.2) is 11.1 Å². The van der Waals surface area contributed by atoms with Crippen molar-refractivity contribution in [3.05, 3.63) is 80.4 Å². The molecule has 1 aromatic heterocycles. The second-order valence-corrected chi connectivity index (χ2v) is 8.25. The summed E-state index contributed by atoms with van der Waals surface area (Å²) in [7, 11) is 0. The topological polar surface area (TPSA) is 73.5 Å². The Morgan fingerprint density at radius 1 is 1.32 bits per heavy atom. The fourth-order valence-corrected chi connectivity index (χ4v) is 4.40. The Labute approximate surface area is 187 Å². The highest BCUT2D eigenvalue weighted by atomic mass is 35.5.